The third-order valence-electron chi connectivity index (χ3n) is 10.6. The number of halogens is 1. The molecule has 6 rings (SSSR count). The quantitative estimate of drug-likeness (QED) is 0.363. The van der Waals surface area contributed by atoms with Gasteiger partial charge in [-0.25, -0.2) is 13.1 Å². The number of benzene rings is 2. The number of nitrogens with zero attached hydrogens (tertiary/aromatic N) is 1. The highest BCUT2D eigenvalue weighted by Crippen LogP contribution is 2.46. The van der Waals surface area contributed by atoms with Gasteiger partial charge in [-0.1, -0.05) is 31.0 Å². The van der Waals surface area contributed by atoms with Crippen LogP contribution in [0.2, 0.25) is 5.02 Å². The molecule has 4 aliphatic rings. The van der Waals surface area contributed by atoms with Crippen LogP contribution in [0.15, 0.2) is 36.4 Å². The molecule has 0 unspecified atom stereocenters. The Kier molecular flexibility index (Phi) is 10.3. The highest BCUT2D eigenvalue weighted by Gasteiger charge is 2.43. The highest BCUT2D eigenvalue weighted by molar-refractivity contribution is 7.90. The molecule has 1 saturated heterocycles. The smallest absolute Gasteiger partial charge is 0.264 e. The van der Waals surface area contributed by atoms with E-state index in [4.69, 9.17) is 25.8 Å². The summed E-state index contributed by atoms with van der Waals surface area (Å²) in [6.07, 6.45) is 8.41. The number of ether oxygens (including phenoxy) is 3. The van der Waals surface area contributed by atoms with Crippen LogP contribution in [0.3, 0.4) is 0 Å². The van der Waals surface area contributed by atoms with Crippen molar-refractivity contribution in [2.45, 2.75) is 89.8 Å². The number of hydrogen-bond donors (Lipinski definition) is 1. The summed E-state index contributed by atoms with van der Waals surface area (Å²) in [5.41, 5.74) is 3.44. The molecule has 1 saturated carbocycles. The summed E-state index contributed by atoms with van der Waals surface area (Å²) in [7, 11) is -3.88. The number of carbonyl (C=O) groups is 1. The Morgan fingerprint density at radius 3 is 2.49 bits per heavy atom. The van der Waals surface area contributed by atoms with Gasteiger partial charge in [-0.05, 0) is 118 Å². The van der Waals surface area contributed by atoms with E-state index in [2.05, 4.69) is 9.62 Å². The van der Waals surface area contributed by atoms with Crippen LogP contribution in [0.1, 0.15) is 86.7 Å². The van der Waals surface area contributed by atoms with Crippen molar-refractivity contribution in [2.75, 3.05) is 31.2 Å². The molecule has 1 aliphatic carbocycles. The minimum absolute atomic E-state index is 0.108. The monoisotopic (exact) mass is 658 g/mol. The fraction of sp³-hybridized carbons (Fsp3) is 0.629. The number of nitrogens with one attached hydrogen (secondary N) is 1. The van der Waals surface area contributed by atoms with Crippen molar-refractivity contribution in [1.82, 2.24) is 4.72 Å². The Morgan fingerprint density at radius 1 is 0.889 bits per heavy atom. The topological polar surface area (TPSA) is 94.2 Å². The molecule has 0 radical (unpaired) electrons. The molecular weight excluding hydrogens is 612 g/mol. The molecule has 3 aliphatic heterocycles. The maximum atomic E-state index is 13.4. The fourth-order valence-electron chi connectivity index (χ4n) is 7.55. The summed E-state index contributed by atoms with van der Waals surface area (Å²) < 4.78 is 48.0. The number of sulfonamides is 1. The maximum Gasteiger partial charge on any atom is 0.264 e. The van der Waals surface area contributed by atoms with E-state index >= 15 is 0 Å². The van der Waals surface area contributed by atoms with Gasteiger partial charge in [0.15, 0.2) is 6.29 Å². The van der Waals surface area contributed by atoms with Gasteiger partial charge in [0.1, 0.15) is 12.4 Å². The van der Waals surface area contributed by atoms with E-state index < -0.39 is 21.2 Å². The second kappa shape index (κ2) is 14.2. The molecular formula is C35H47ClN2O6S. The fourth-order valence-corrected chi connectivity index (χ4v) is 9.05. The van der Waals surface area contributed by atoms with Crippen LogP contribution in [0.5, 0.6) is 5.75 Å². The molecule has 0 aromatic heterocycles. The van der Waals surface area contributed by atoms with Crippen LogP contribution in [-0.4, -0.2) is 52.2 Å². The Balaban J connectivity index is 1.37. The lowest BCUT2D eigenvalue weighted by atomic mass is 9.65. The summed E-state index contributed by atoms with van der Waals surface area (Å²) in [6, 6.07) is 11.3. The average Bonchev–Trinajstić information content (AvgIpc) is 3.05. The first-order chi connectivity index (χ1) is 21.7. The number of anilines is 1. The zero-order valence-corrected chi connectivity index (χ0v) is 28.1. The van der Waals surface area contributed by atoms with Crippen molar-refractivity contribution in [3.8, 4) is 5.75 Å². The third-order valence-corrected chi connectivity index (χ3v) is 12.8. The van der Waals surface area contributed by atoms with Gasteiger partial charge in [-0.2, -0.15) is 0 Å². The maximum absolute atomic E-state index is 13.4. The van der Waals surface area contributed by atoms with Gasteiger partial charge >= 0.3 is 0 Å². The SMILES string of the molecule is C[C@@H]1[C@@H](C)CCC[C@H](C2OCCCO2)[C@@H]2CC[C@H]2CN2CCCCc3cc(Cl)ccc3COc3ccc(cc32)C(=O)NS1(=O)=O. The summed E-state index contributed by atoms with van der Waals surface area (Å²) >= 11 is 6.35. The highest BCUT2D eigenvalue weighted by atomic mass is 35.5. The first-order valence-corrected chi connectivity index (χ1v) is 18.7. The molecule has 2 aromatic carbocycles. The molecule has 0 spiro atoms. The minimum Gasteiger partial charge on any atom is -0.487 e. The van der Waals surface area contributed by atoms with Crippen molar-refractivity contribution >= 4 is 33.2 Å². The van der Waals surface area contributed by atoms with Crippen LogP contribution >= 0.6 is 11.6 Å². The van der Waals surface area contributed by atoms with E-state index in [-0.39, 0.29) is 18.1 Å². The van der Waals surface area contributed by atoms with E-state index in [0.717, 1.165) is 100 Å². The predicted octanol–water partition coefficient (Wildman–Crippen LogP) is 6.74. The summed E-state index contributed by atoms with van der Waals surface area (Å²) in [4.78, 5) is 15.8. The zero-order valence-electron chi connectivity index (χ0n) is 26.5. The van der Waals surface area contributed by atoms with Gasteiger partial charge in [0.25, 0.3) is 5.91 Å². The summed E-state index contributed by atoms with van der Waals surface area (Å²) in [6.45, 7) is 7.12. The number of fused-ring (bicyclic) bond motifs is 3. The summed E-state index contributed by atoms with van der Waals surface area (Å²) in [5.74, 6) is 1.15. The number of rotatable bonds is 1. The molecule has 3 heterocycles. The van der Waals surface area contributed by atoms with E-state index in [1.54, 1.807) is 13.0 Å². The normalized spacial score (nSPS) is 30.0. The van der Waals surface area contributed by atoms with Crippen molar-refractivity contribution in [1.29, 1.82) is 0 Å². The van der Waals surface area contributed by atoms with Crippen LogP contribution in [-0.2, 0) is 32.5 Å². The molecule has 2 bridgehead atoms. The van der Waals surface area contributed by atoms with Crippen molar-refractivity contribution in [3.63, 3.8) is 0 Å². The van der Waals surface area contributed by atoms with Gasteiger partial charge < -0.3 is 19.1 Å². The minimum atomic E-state index is -3.88. The molecule has 1 N–H and O–H groups in total. The first-order valence-electron chi connectivity index (χ1n) is 16.8. The van der Waals surface area contributed by atoms with Gasteiger partial charge in [0.05, 0.1) is 24.2 Å². The lowest BCUT2D eigenvalue weighted by Crippen LogP contribution is -2.47. The second-order valence-electron chi connectivity index (χ2n) is 13.5. The predicted molar refractivity (Wildman–Crippen MR) is 176 cm³/mol. The Hall–Kier alpha value is -2.33. The average molecular weight is 659 g/mol. The standard InChI is InChI=1S/C35H47ClN2O6S/c1-23-7-5-9-31(35-42-17-6-18-43-35)30-14-11-27(30)21-38-16-4-3-8-25-19-29(36)13-10-28(25)22-44-33-15-12-26(20-32(33)38)34(39)37-45(40,41)24(23)2/h10,12-13,15,19-20,23-24,27,30-31,35H,3-9,11,14,16-18,21-22H2,1-2H3,(H,37,39)/t23-,24+,27-,30+,31-/m0/s1. The second-order valence-corrected chi connectivity index (χ2v) is 16.0. The largest absolute Gasteiger partial charge is 0.487 e. The number of hydrogen-bond acceptors (Lipinski definition) is 7. The van der Waals surface area contributed by atoms with E-state index in [9.17, 15) is 13.2 Å². The van der Waals surface area contributed by atoms with Crippen LogP contribution in [0.25, 0.3) is 0 Å². The van der Waals surface area contributed by atoms with Gasteiger partial charge in [-0.15, -0.1) is 0 Å². The number of carbonyl (C=O) groups excluding carboxylic acids is 1. The van der Waals surface area contributed by atoms with E-state index in [1.807, 2.05) is 37.3 Å². The van der Waals surface area contributed by atoms with Crippen LogP contribution < -0.4 is 14.4 Å². The molecule has 10 heteroatoms. The lowest BCUT2D eigenvalue weighted by Gasteiger charge is -2.47. The van der Waals surface area contributed by atoms with Gasteiger partial charge in [-0.3, -0.25) is 4.79 Å². The lowest BCUT2D eigenvalue weighted by molar-refractivity contribution is -0.224. The van der Waals surface area contributed by atoms with Crippen LogP contribution in [0.4, 0.5) is 5.69 Å². The molecule has 8 nitrogen and oxygen atoms in total. The van der Waals surface area contributed by atoms with Gasteiger partial charge in [0, 0.05) is 29.6 Å². The molecule has 45 heavy (non-hydrogen) atoms. The molecule has 1 amide bonds. The zero-order chi connectivity index (χ0) is 31.6. The Morgan fingerprint density at radius 2 is 1.71 bits per heavy atom. The first kappa shape index (κ1) is 32.6. The molecule has 246 valence electrons. The molecule has 2 fully saturated rings. The molecule has 2 aromatic rings. The Bertz CT molecular complexity index is 1460. The number of aryl methyl sites for hydroxylation is 1. The van der Waals surface area contributed by atoms with E-state index in [0.29, 0.717) is 29.8 Å². The summed E-state index contributed by atoms with van der Waals surface area (Å²) in [5, 5.41) is 0.0145. The van der Waals surface area contributed by atoms with Gasteiger partial charge in [0.2, 0.25) is 10.0 Å². The van der Waals surface area contributed by atoms with Crippen LogP contribution in [0, 0.1) is 23.7 Å². The van der Waals surface area contributed by atoms with Crippen molar-refractivity contribution in [2.24, 2.45) is 23.7 Å². The third kappa shape index (κ3) is 7.47. The van der Waals surface area contributed by atoms with E-state index in [1.165, 1.54) is 5.56 Å². The van der Waals surface area contributed by atoms with Crippen molar-refractivity contribution in [3.05, 3.63) is 58.1 Å². The molecule has 5 atom stereocenters. The Labute approximate surface area is 273 Å². The van der Waals surface area contributed by atoms with Crippen molar-refractivity contribution < 1.29 is 27.4 Å². The number of amides is 1.